The van der Waals surface area contributed by atoms with Crippen LogP contribution in [0, 0.1) is 0 Å². The molecule has 0 radical (unpaired) electrons. The second-order valence-corrected chi connectivity index (χ2v) is 7.32. The van der Waals surface area contributed by atoms with Crippen molar-refractivity contribution in [1.29, 1.82) is 0 Å². The normalized spacial score (nSPS) is 12.3. The zero-order valence-electron chi connectivity index (χ0n) is 17.8. The third kappa shape index (κ3) is 6.16. The van der Waals surface area contributed by atoms with Crippen molar-refractivity contribution in [3.8, 4) is 5.75 Å². The topological polar surface area (TPSA) is 50.3 Å². The monoisotopic (exact) mass is 392 g/mol. The molecule has 2 aromatic carbocycles. The first-order chi connectivity index (χ1) is 14.2. The summed E-state index contributed by atoms with van der Waals surface area (Å²) in [6, 6.07) is 18.3. The van der Waals surface area contributed by atoms with Gasteiger partial charge in [-0.2, -0.15) is 0 Å². The number of rotatable bonds is 11. The Morgan fingerprint density at radius 1 is 0.966 bits per heavy atom. The maximum absolute atomic E-state index is 5.86. The van der Waals surface area contributed by atoms with Gasteiger partial charge in [0.1, 0.15) is 18.2 Å². The van der Waals surface area contributed by atoms with Crippen LogP contribution in [0.25, 0.3) is 10.9 Å². The van der Waals surface area contributed by atoms with Crippen molar-refractivity contribution in [1.82, 2.24) is 14.9 Å². The number of anilines is 1. The van der Waals surface area contributed by atoms with Gasteiger partial charge in [0, 0.05) is 11.4 Å². The minimum atomic E-state index is 0.340. The van der Waals surface area contributed by atoms with Gasteiger partial charge in [-0.05, 0) is 63.7 Å². The van der Waals surface area contributed by atoms with E-state index in [4.69, 9.17) is 9.72 Å². The molecule has 0 saturated carbocycles. The number of para-hydroxylation sites is 2. The van der Waals surface area contributed by atoms with Crippen molar-refractivity contribution in [2.75, 3.05) is 25.0 Å². The number of nitrogens with zero attached hydrogens (tertiary/aromatic N) is 3. The summed E-state index contributed by atoms with van der Waals surface area (Å²) in [6.07, 6.45) is 2.27. The van der Waals surface area contributed by atoms with Crippen molar-refractivity contribution in [3.05, 3.63) is 60.4 Å². The van der Waals surface area contributed by atoms with Gasteiger partial charge in [-0.1, -0.05) is 44.2 Å². The fourth-order valence-electron chi connectivity index (χ4n) is 3.43. The molecule has 0 fully saturated rings. The number of nitrogens with one attached hydrogen (secondary N) is 1. The van der Waals surface area contributed by atoms with Gasteiger partial charge in [-0.15, -0.1) is 0 Å². The molecular weight excluding hydrogens is 360 g/mol. The van der Waals surface area contributed by atoms with E-state index >= 15 is 0 Å². The van der Waals surface area contributed by atoms with E-state index in [2.05, 4.69) is 42.0 Å². The molecule has 0 amide bonds. The highest BCUT2D eigenvalue weighted by Gasteiger charge is 2.11. The SMILES string of the molecule is CCN(CC)CCCC(C)Nc1nc(COc2ccccc2)nc2ccccc12. The average molecular weight is 393 g/mol. The lowest BCUT2D eigenvalue weighted by molar-refractivity contribution is 0.294. The molecule has 1 aromatic heterocycles. The molecule has 0 bridgehead atoms. The summed E-state index contributed by atoms with van der Waals surface area (Å²) in [5.41, 5.74) is 0.937. The Hall–Kier alpha value is -2.66. The first-order valence-electron chi connectivity index (χ1n) is 10.6. The molecule has 5 heteroatoms. The van der Waals surface area contributed by atoms with Gasteiger partial charge in [0.2, 0.25) is 0 Å². The summed E-state index contributed by atoms with van der Waals surface area (Å²) in [7, 11) is 0. The lowest BCUT2D eigenvalue weighted by atomic mass is 10.1. The standard InChI is InChI=1S/C24H32N4O/c1-4-28(5-2)17-11-12-19(3)25-24-21-15-9-10-16-22(21)26-23(27-24)18-29-20-13-7-6-8-14-20/h6-10,13-16,19H,4-5,11-12,17-18H2,1-3H3,(H,25,26,27). The van der Waals surface area contributed by atoms with Crippen LogP contribution in [0.5, 0.6) is 5.75 Å². The zero-order valence-corrected chi connectivity index (χ0v) is 17.8. The molecular formula is C24H32N4O. The minimum absolute atomic E-state index is 0.340. The van der Waals surface area contributed by atoms with Gasteiger partial charge in [-0.3, -0.25) is 0 Å². The number of hydrogen-bond acceptors (Lipinski definition) is 5. The van der Waals surface area contributed by atoms with E-state index < -0.39 is 0 Å². The van der Waals surface area contributed by atoms with E-state index in [-0.39, 0.29) is 0 Å². The van der Waals surface area contributed by atoms with Crippen molar-refractivity contribution >= 4 is 16.7 Å². The Balaban J connectivity index is 1.68. The van der Waals surface area contributed by atoms with Crippen LogP contribution >= 0.6 is 0 Å². The zero-order chi connectivity index (χ0) is 20.5. The summed E-state index contributed by atoms with van der Waals surface area (Å²) >= 11 is 0. The van der Waals surface area contributed by atoms with Gasteiger partial charge in [0.05, 0.1) is 5.52 Å². The highest BCUT2D eigenvalue weighted by atomic mass is 16.5. The van der Waals surface area contributed by atoms with Crippen LogP contribution in [0.1, 0.15) is 39.4 Å². The van der Waals surface area contributed by atoms with Crippen LogP contribution in [-0.4, -0.2) is 40.5 Å². The molecule has 0 aliphatic carbocycles. The van der Waals surface area contributed by atoms with Gasteiger partial charge in [0.15, 0.2) is 5.82 Å². The van der Waals surface area contributed by atoms with E-state index in [0.29, 0.717) is 18.5 Å². The largest absolute Gasteiger partial charge is 0.486 e. The molecule has 3 rings (SSSR count). The van der Waals surface area contributed by atoms with Crippen LogP contribution in [0.2, 0.25) is 0 Å². The molecule has 0 saturated heterocycles. The van der Waals surface area contributed by atoms with Crippen molar-refractivity contribution in [2.24, 2.45) is 0 Å². The molecule has 1 N–H and O–H groups in total. The van der Waals surface area contributed by atoms with Gasteiger partial charge in [0.25, 0.3) is 0 Å². The van der Waals surface area contributed by atoms with Crippen LogP contribution in [0.15, 0.2) is 54.6 Å². The van der Waals surface area contributed by atoms with Gasteiger partial charge in [-0.25, -0.2) is 9.97 Å². The van der Waals surface area contributed by atoms with E-state index in [9.17, 15) is 0 Å². The fraction of sp³-hybridized carbons (Fsp3) is 0.417. The lowest BCUT2D eigenvalue weighted by Gasteiger charge is -2.20. The van der Waals surface area contributed by atoms with Gasteiger partial charge >= 0.3 is 0 Å². The van der Waals surface area contributed by atoms with Crippen molar-refractivity contribution < 1.29 is 4.74 Å². The molecule has 1 atom stereocenters. The number of benzene rings is 2. The number of fused-ring (bicyclic) bond motifs is 1. The minimum Gasteiger partial charge on any atom is -0.486 e. The summed E-state index contributed by atoms with van der Waals surface area (Å²) in [6.45, 7) is 10.4. The Labute approximate surface area is 174 Å². The fourth-order valence-corrected chi connectivity index (χ4v) is 3.43. The molecule has 5 nitrogen and oxygen atoms in total. The molecule has 3 aromatic rings. The maximum Gasteiger partial charge on any atom is 0.168 e. The smallest absolute Gasteiger partial charge is 0.168 e. The highest BCUT2D eigenvalue weighted by Crippen LogP contribution is 2.22. The summed E-state index contributed by atoms with van der Waals surface area (Å²) in [5, 5.41) is 4.66. The van der Waals surface area contributed by atoms with E-state index in [1.807, 2.05) is 48.5 Å². The Morgan fingerprint density at radius 3 is 2.45 bits per heavy atom. The number of aromatic nitrogens is 2. The predicted octanol–water partition coefficient (Wildman–Crippen LogP) is 5.13. The Morgan fingerprint density at radius 2 is 1.69 bits per heavy atom. The molecule has 1 heterocycles. The molecule has 0 aliphatic heterocycles. The average Bonchev–Trinajstić information content (AvgIpc) is 2.76. The maximum atomic E-state index is 5.86. The van der Waals surface area contributed by atoms with Gasteiger partial charge < -0.3 is 15.0 Å². The number of hydrogen-bond donors (Lipinski definition) is 1. The van der Waals surface area contributed by atoms with Crippen molar-refractivity contribution in [2.45, 2.75) is 46.3 Å². The lowest BCUT2D eigenvalue weighted by Crippen LogP contribution is -2.26. The second kappa shape index (κ2) is 10.8. The first kappa shape index (κ1) is 21.1. The van der Waals surface area contributed by atoms with Crippen LogP contribution in [-0.2, 0) is 6.61 Å². The first-order valence-corrected chi connectivity index (χ1v) is 10.6. The molecule has 0 aliphatic rings. The van der Waals surface area contributed by atoms with Crippen molar-refractivity contribution in [3.63, 3.8) is 0 Å². The molecule has 0 spiro atoms. The van der Waals surface area contributed by atoms with Crippen LogP contribution in [0.4, 0.5) is 5.82 Å². The summed E-state index contributed by atoms with van der Waals surface area (Å²) in [4.78, 5) is 11.9. The summed E-state index contributed by atoms with van der Waals surface area (Å²) < 4.78 is 5.86. The predicted molar refractivity (Wildman–Crippen MR) is 120 cm³/mol. The van der Waals surface area contributed by atoms with Crippen LogP contribution < -0.4 is 10.1 Å². The quantitative estimate of drug-likeness (QED) is 0.490. The molecule has 29 heavy (non-hydrogen) atoms. The summed E-state index contributed by atoms with van der Waals surface area (Å²) in [5.74, 6) is 2.39. The Kier molecular flexibility index (Phi) is 7.82. The third-order valence-corrected chi connectivity index (χ3v) is 5.15. The highest BCUT2D eigenvalue weighted by molar-refractivity contribution is 5.89. The third-order valence-electron chi connectivity index (χ3n) is 5.15. The molecule has 154 valence electrons. The molecule has 1 unspecified atom stereocenters. The van der Waals surface area contributed by atoms with Crippen LogP contribution in [0.3, 0.4) is 0 Å². The second-order valence-electron chi connectivity index (χ2n) is 7.32. The Bertz CT molecular complexity index is 880. The van der Waals surface area contributed by atoms with E-state index in [1.165, 1.54) is 6.42 Å². The van der Waals surface area contributed by atoms with E-state index in [0.717, 1.165) is 48.5 Å². The van der Waals surface area contributed by atoms with E-state index in [1.54, 1.807) is 0 Å². The number of ether oxygens (including phenoxy) is 1.